The third-order valence-corrected chi connectivity index (χ3v) is 2.47. The van der Waals surface area contributed by atoms with Gasteiger partial charge in [-0.25, -0.2) is 9.97 Å². The fraction of sp³-hybridized carbons (Fsp3) is 0. The van der Waals surface area contributed by atoms with Gasteiger partial charge in [-0.15, -0.1) is 0 Å². The maximum absolute atomic E-state index is 5.85. The number of benzene rings is 1. The number of aromatic amines is 1. The van der Waals surface area contributed by atoms with E-state index in [1.165, 1.54) is 6.33 Å². The summed E-state index contributed by atoms with van der Waals surface area (Å²) < 4.78 is 0. The van der Waals surface area contributed by atoms with E-state index in [2.05, 4.69) is 20.2 Å². The molecule has 0 saturated heterocycles. The molecule has 3 N–H and O–H groups in total. The third kappa shape index (κ3) is 1.22. The van der Waals surface area contributed by atoms with Gasteiger partial charge in [-0.3, -0.25) is 5.10 Å². The minimum Gasteiger partial charge on any atom is -0.397 e. The summed E-state index contributed by atoms with van der Waals surface area (Å²) in [7, 11) is 0. The maximum atomic E-state index is 5.85. The molecule has 5 nitrogen and oxygen atoms in total. The summed E-state index contributed by atoms with van der Waals surface area (Å²) in [6.07, 6.45) is 4.95. The van der Waals surface area contributed by atoms with E-state index in [-0.39, 0.29) is 0 Å². The van der Waals surface area contributed by atoms with Crippen molar-refractivity contribution in [2.45, 2.75) is 0 Å². The predicted molar refractivity (Wildman–Crippen MR) is 61.5 cm³/mol. The van der Waals surface area contributed by atoms with Gasteiger partial charge >= 0.3 is 0 Å². The first-order valence-electron chi connectivity index (χ1n) is 4.84. The number of nitrogens with zero attached hydrogens (tertiary/aromatic N) is 3. The zero-order valence-corrected chi connectivity index (χ0v) is 8.38. The smallest absolute Gasteiger partial charge is 0.115 e. The molecular formula is C11H9N5. The van der Waals surface area contributed by atoms with Gasteiger partial charge in [0, 0.05) is 23.3 Å². The van der Waals surface area contributed by atoms with Crippen molar-refractivity contribution in [3.8, 4) is 11.3 Å². The Hall–Kier alpha value is -2.43. The molecule has 0 atom stereocenters. The summed E-state index contributed by atoms with van der Waals surface area (Å²) >= 11 is 0. The number of para-hydroxylation sites is 1. The maximum Gasteiger partial charge on any atom is 0.115 e. The molecule has 0 bridgehead atoms. The van der Waals surface area contributed by atoms with E-state index in [1.807, 2.05) is 18.2 Å². The first-order valence-corrected chi connectivity index (χ1v) is 4.84. The molecule has 0 aliphatic rings. The van der Waals surface area contributed by atoms with Crippen LogP contribution in [0.5, 0.6) is 0 Å². The molecule has 2 aromatic heterocycles. The standard InChI is InChI=1S/C11H9N5/c12-9-3-1-2-8-10(15-16-11(8)9)7-4-13-6-14-5-7/h1-6H,12H2,(H,15,16). The fourth-order valence-electron chi connectivity index (χ4n) is 1.71. The highest BCUT2D eigenvalue weighted by atomic mass is 15.1. The predicted octanol–water partition coefficient (Wildman–Crippen LogP) is 1.60. The van der Waals surface area contributed by atoms with E-state index in [1.54, 1.807) is 12.4 Å². The van der Waals surface area contributed by atoms with Crippen LogP contribution in [0, 0.1) is 0 Å². The van der Waals surface area contributed by atoms with Crippen molar-refractivity contribution < 1.29 is 0 Å². The van der Waals surface area contributed by atoms with Gasteiger partial charge in [0.25, 0.3) is 0 Å². The van der Waals surface area contributed by atoms with Gasteiger partial charge in [-0.05, 0) is 6.07 Å². The number of nitrogen functional groups attached to an aromatic ring is 1. The quantitative estimate of drug-likeness (QED) is 0.599. The summed E-state index contributed by atoms with van der Waals surface area (Å²) in [5, 5.41) is 8.15. The molecule has 2 heterocycles. The van der Waals surface area contributed by atoms with Crippen LogP contribution in [0.3, 0.4) is 0 Å². The van der Waals surface area contributed by atoms with Crippen molar-refractivity contribution >= 4 is 16.6 Å². The molecule has 3 rings (SSSR count). The Balaban J connectivity index is 2.30. The SMILES string of the molecule is Nc1cccc2c(-c3cncnc3)n[nH]c12. The summed E-state index contributed by atoms with van der Waals surface area (Å²) in [5.74, 6) is 0. The molecule has 0 amide bonds. The second-order valence-corrected chi connectivity index (χ2v) is 3.47. The Morgan fingerprint density at radius 2 is 1.94 bits per heavy atom. The molecule has 0 spiro atoms. The van der Waals surface area contributed by atoms with Crippen molar-refractivity contribution in [1.82, 2.24) is 20.2 Å². The van der Waals surface area contributed by atoms with Crippen LogP contribution in [-0.2, 0) is 0 Å². The summed E-state index contributed by atoms with van der Waals surface area (Å²) in [6.45, 7) is 0. The lowest BCUT2D eigenvalue weighted by molar-refractivity contribution is 1.11. The minimum absolute atomic E-state index is 0.688. The third-order valence-electron chi connectivity index (χ3n) is 2.47. The first-order chi connectivity index (χ1) is 7.86. The van der Waals surface area contributed by atoms with Crippen molar-refractivity contribution in [2.75, 3.05) is 5.73 Å². The number of nitrogens with two attached hydrogens (primary N) is 1. The normalized spacial score (nSPS) is 10.8. The average molecular weight is 211 g/mol. The Morgan fingerprint density at radius 1 is 1.12 bits per heavy atom. The second kappa shape index (κ2) is 3.30. The number of aromatic nitrogens is 4. The lowest BCUT2D eigenvalue weighted by Crippen LogP contribution is -1.85. The topological polar surface area (TPSA) is 80.5 Å². The molecule has 1 aromatic carbocycles. The van der Waals surface area contributed by atoms with Gasteiger partial charge in [0.2, 0.25) is 0 Å². The number of nitrogens with one attached hydrogen (secondary N) is 1. The average Bonchev–Trinajstić information content (AvgIpc) is 2.75. The zero-order valence-electron chi connectivity index (χ0n) is 8.38. The number of rotatable bonds is 1. The first kappa shape index (κ1) is 8.84. The van der Waals surface area contributed by atoms with Crippen LogP contribution in [0.1, 0.15) is 0 Å². The molecule has 5 heteroatoms. The number of anilines is 1. The molecular weight excluding hydrogens is 202 g/mol. The van der Waals surface area contributed by atoms with E-state index in [0.29, 0.717) is 5.69 Å². The number of fused-ring (bicyclic) bond motifs is 1. The van der Waals surface area contributed by atoms with Gasteiger partial charge in [-0.1, -0.05) is 12.1 Å². The number of hydrogen-bond donors (Lipinski definition) is 2. The van der Waals surface area contributed by atoms with Gasteiger partial charge in [-0.2, -0.15) is 5.10 Å². The van der Waals surface area contributed by atoms with Crippen LogP contribution < -0.4 is 5.73 Å². The van der Waals surface area contributed by atoms with E-state index >= 15 is 0 Å². The van der Waals surface area contributed by atoms with E-state index in [0.717, 1.165) is 22.2 Å². The van der Waals surface area contributed by atoms with E-state index < -0.39 is 0 Å². The fourth-order valence-corrected chi connectivity index (χ4v) is 1.71. The van der Waals surface area contributed by atoms with Gasteiger partial charge in [0.15, 0.2) is 0 Å². The van der Waals surface area contributed by atoms with Crippen LogP contribution in [0.2, 0.25) is 0 Å². The van der Waals surface area contributed by atoms with E-state index in [9.17, 15) is 0 Å². The van der Waals surface area contributed by atoms with Crippen LogP contribution in [0.4, 0.5) is 5.69 Å². The van der Waals surface area contributed by atoms with Crippen molar-refractivity contribution in [3.63, 3.8) is 0 Å². The number of H-pyrrole nitrogens is 1. The zero-order chi connectivity index (χ0) is 11.0. The Morgan fingerprint density at radius 3 is 2.75 bits per heavy atom. The Bertz CT molecular complexity index is 629. The van der Waals surface area contributed by atoms with E-state index in [4.69, 9.17) is 5.73 Å². The monoisotopic (exact) mass is 211 g/mol. The largest absolute Gasteiger partial charge is 0.397 e. The van der Waals surface area contributed by atoms with Gasteiger partial charge < -0.3 is 5.73 Å². The molecule has 3 aromatic rings. The highest BCUT2D eigenvalue weighted by Gasteiger charge is 2.09. The molecule has 0 unspecified atom stereocenters. The lowest BCUT2D eigenvalue weighted by atomic mass is 10.1. The highest BCUT2D eigenvalue weighted by molar-refractivity contribution is 5.98. The van der Waals surface area contributed by atoms with Gasteiger partial charge in [0.05, 0.1) is 11.2 Å². The highest BCUT2D eigenvalue weighted by Crippen LogP contribution is 2.27. The van der Waals surface area contributed by atoms with Crippen LogP contribution >= 0.6 is 0 Å². The van der Waals surface area contributed by atoms with Crippen LogP contribution in [0.25, 0.3) is 22.2 Å². The Kier molecular flexibility index (Phi) is 1.83. The minimum atomic E-state index is 0.688. The van der Waals surface area contributed by atoms with Gasteiger partial charge in [0.1, 0.15) is 12.0 Å². The molecule has 0 aliphatic carbocycles. The summed E-state index contributed by atoms with van der Waals surface area (Å²) in [6, 6.07) is 5.71. The van der Waals surface area contributed by atoms with Crippen molar-refractivity contribution in [3.05, 3.63) is 36.9 Å². The molecule has 0 radical (unpaired) electrons. The van der Waals surface area contributed by atoms with Crippen molar-refractivity contribution in [2.24, 2.45) is 0 Å². The molecule has 0 saturated carbocycles. The lowest BCUT2D eigenvalue weighted by Gasteiger charge is -1.96. The van der Waals surface area contributed by atoms with Crippen LogP contribution in [-0.4, -0.2) is 20.2 Å². The van der Waals surface area contributed by atoms with Crippen LogP contribution in [0.15, 0.2) is 36.9 Å². The Labute approximate surface area is 91.3 Å². The molecule has 0 fully saturated rings. The second-order valence-electron chi connectivity index (χ2n) is 3.47. The molecule has 16 heavy (non-hydrogen) atoms. The summed E-state index contributed by atoms with van der Waals surface area (Å²) in [5.41, 5.74) is 9.08. The molecule has 0 aliphatic heterocycles. The molecule has 78 valence electrons. The number of hydrogen-bond acceptors (Lipinski definition) is 4. The summed E-state index contributed by atoms with van der Waals surface area (Å²) in [4.78, 5) is 7.95. The van der Waals surface area contributed by atoms with Crippen molar-refractivity contribution in [1.29, 1.82) is 0 Å².